The number of halogens is 2. The number of carbonyl (C=O) groups is 1. The zero-order chi connectivity index (χ0) is 15.2. The molecule has 110 valence electrons. The normalized spacial score (nSPS) is 10.9. The van der Waals surface area contributed by atoms with E-state index in [4.69, 9.17) is 0 Å². The monoisotopic (exact) mass is 349 g/mol. The SMILES string of the molecule is CN(CCC(=O)c1ccc(Br)cc1)Cc1ccccc1F. The lowest BCUT2D eigenvalue weighted by Gasteiger charge is -2.16. The Morgan fingerprint density at radius 3 is 2.48 bits per heavy atom. The Balaban J connectivity index is 1.86. The first kappa shape index (κ1) is 15.9. The fourth-order valence-electron chi connectivity index (χ4n) is 2.07. The van der Waals surface area contributed by atoms with E-state index >= 15 is 0 Å². The molecule has 0 N–H and O–H groups in total. The third-order valence-corrected chi connectivity index (χ3v) is 3.81. The summed E-state index contributed by atoms with van der Waals surface area (Å²) in [5, 5.41) is 0. The molecule has 0 radical (unpaired) electrons. The summed E-state index contributed by atoms with van der Waals surface area (Å²) in [6.45, 7) is 1.10. The van der Waals surface area contributed by atoms with Crippen molar-refractivity contribution in [3.63, 3.8) is 0 Å². The van der Waals surface area contributed by atoms with Crippen molar-refractivity contribution in [2.24, 2.45) is 0 Å². The Morgan fingerprint density at radius 1 is 1.14 bits per heavy atom. The van der Waals surface area contributed by atoms with Crippen molar-refractivity contribution < 1.29 is 9.18 Å². The van der Waals surface area contributed by atoms with E-state index in [-0.39, 0.29) is 11.6 Å². The predicted molar refractivity (Wildman–Crippen MR) is 85.8 cm³/mol. The lowest BCUT2D eigenvalue weighted by atomic mass is 10.1. The molecule has 4 heteroatoms. The molecule has 0 saturated heterocycles. The maximum absolute atomic E-state index is 13.6. The highest BCUT2D eigenvalue weighted by Gasteiger charge is 2.09. The number of benzene rings is 2. The Hall–Kier alpha value is -1.52. The number of carbonyl (C=O) groups excluding carboxylic acids is 1. The summed E-state index contributed by atoms with van der Waals surface area (Å²) >= 11 is 3.35. The number of rotatable bonds is 6. The van der Waals surface area contributed by atoms with Gasteiger partial charge < -0.3 is 4.90 Å². The van der Waals surface area contributed by atoms with Crippen molar-refractivity contribution in [1.82, 2.24) is 4.90 Å². The standard InChI is InChI=1S/C17H17BrFNO/c1-20(12-14-4-2-3-5-16(14)19)11-10-17(21)13-6-8-15(18)9-7-13/h2-9H,10-12H2,1H3. The summed E-state index contributed by atoms with van der Waals surface area (Å²) in [5.41, 5.74) is 1.36. The third-order valence-electron chi connectivity index (χ3n) is 3.28. The molecule has 0 aliphatic carbocycles. The zero-order valence-corrected chi connectivity index (χ0v) is 13.4. The van der Waals surface area contributed by atoms with Crippen molar-refractivity contribution >= 4 is 21.7 Å². The highest BCUT2D eigenvalue weighted by Crippen LogP contribution is 2.13. The largest absolute Gasteiger partial charge is 0.302 e. The topological polar surface area (TPSA) is 20.3 Å². The minimum atomic E-state index is -0.205. The average molecular weight is 350 g/mol. The molecule has 0 atom stereocenters. The maximum atomic E-state index is 13.6. The zero-order valence-electron chi connectivity index (χ0n) is 11.9. The van der Waals surface area contributed by atoms with Gasteiger partial charge in [0, 0.05) is 35.1 Å². The molecular weight excluding hydrogens is 333 g/mol. The van der Waals surface area contributed by atoms with Crippen molar-refractivity contribution in [2.75, 3.05) is 13.6 Å². The van der Waals surface area contributed by atoms with E-state index in [0.717, 1.165) is 4.47 Å². The van der Waals surface area contributed by atoms with E-state index in [1.807, 2.05) is 42.3 Å². The average Bonchev–Trinajstić information content (AvgIpc) is 2.48. The number of hydrogen-bond acceptors (Lipinski definition) is 2. The van der Waals surface area contributed by atoms with Crippen LogP contribution in [0.5, 0.6) is 0 Å². The van der Waals surface area contributed by atoms with Crippen LogP contribution in [-0.4, -0.2) is 24.3 Å². The van der Waals surface area contributed by atoms with Crippen LogP contribution in [0.1, 0.15) is 22.3 Å². The van der Waals surface area contributed by atoms with E-state index in [1.165, 1.54) is 6.07 Å². The molecule has 21 heavy (non-hydrogen) atoms. The van der Waals surface area contributed by atoms with Gasteiger partial charge in [0.25, 0.3) is 0 Å². The van der Waals surface area contributed by atoms with Gasteiger partial charge in [0.05, 0.1) is 0 Å². The molecule has 2 rings (SSSR count). The molecule has 0 amide bonds. The molecule has 0 aromatic heterocycles. The second-order valence-corrected chi connectivity index (χ2v) is 5.92. The summed E-state index contributed by atoms with van der Waals surface area (Å²) in [6, 6.07) is 14.0. The van der Waals surface area contributed by atoms with Crippen molar-refractivity contribution in [3.05, 3.63) is 69.9 Å². The molecule has 0 heterocycles. The van der Waals surface area contributed by atoms with Gasteiger partial charge in [0.2, 0.25) is 0 Å². The molecule has 0 unspecified atom stereocenters. The molecule has 0 spiro atoms. The molecule has 0 saturated carbocycles. The number of hydrogen-bond donors (Lipinski definition) is 0. The fraction of sp³-hybridized carbons (Fsp3) is 0.235. The second-order valence-electron chi connectivity index (χ2n) is 5.01. The van der Waals surface area contributed by atoms with Crippen LogP contribution >= 0.6 is 15.9 Å². The Bertz CT molecular complexity index is 612. The lowest BCUT2D eigenvalue weighted by molar-refractivity contribution is 0.0967. The molecule has 0 fully saturated rings. The van der Waals surface area contributed by atoms with E-state index in [1.54, 1.807) is 12.1 Å². The molecule has 2 aromatic rings. The van der Waals surface area contributed by atoms with Crippen LogP contribution in [-0.2, 0) is 6.54 Å². The van der Waals surface area contributed by atoms with Gasteiger partial charge in [0.1, 0.15) is 5.82 Å². The third kappa shape index (κ3) is 4.76. The molecule has 0 aliphatic rings. The van der Waals surface area contributed by atoms with E-state index in [0.29, 0.717) is 30.6 Å². The van der Waals surface area contributed by atoms with Crippen LogP contribution in [0.3, 0.4) is 0 Å². The highest BCUT2D eigenvalue weighted by molar-refractivity contribution is 9.10. The van der Waals surface area contributed by atoms with Gasteiger partial charge in [-0.3, -0.25) is 4.79 Å². The van der Waals surface area contributed by atoms with Crippen LogP contribution in [0.2, 0.25) is 0 Å². The Morgan fingerprint density at radius 2 is 1.81 bits per heavy atom. The van der Waals surface area contributed by atoms with Gasteiger partial charge in [-0.2, -0.15) is 0 Å². The van der Waals surface area contributed by atoms with E-state index in [9.17, 15) is 9.18 Å². The first-order valence-corrected chi connectivity index (χ1v) is 7.56. The summed E-state index contributed by atoms with van der Waals surface area (Å²) in [5.74, 6) is -0.105. The summed E-state index contributed by atoms with van der Waals surface area (Å²) < 4.78 is 14.5. The van der Waals surface area contributed by atoms with Crippen molar-refractivity contribution in [1.29, 1.82) is 0 Å². The Labute approximate surface area is 132 Å². The van der Waals surface area contributed by atoms with Crippen molar-refractivity contribution in [2.45, 2.75) is 13.0 Å². The van der Waals surface area contributed by atoms with Gasteiger partial charge >= 0.3 is 0 Å². The minimum absolute atomic E-state index is 0.0999. The molecule has 0 bridgehead atoms. The maximum Gasteiger partial charge on any atom is 0.164 e. The molecule has 0 aliphatic heterocycles. The number of nitrogens with zero attached hydrogens (tertiary/aromatic N) is 1. The van der Waals surface area contributed by atoms with Crippen LogP contribution in [0, 0.1) is 5.82 Å². The molecule has 2 aromatic carbocycles. The molecule has 2 nitrogen and oxygen atoms in total. The van der Waals surface area contributed by atoms with Gasteiger partial charge in [-0.1, -0.05) is 46.3 Å². The fourth-order valence-corrected chi connectivity index (χ4v) is 2.33. The van der Waals surface area contributed by atoms with E-state index in [2.05, 4.69) is 15.9 Å². The second kappa shape index (κ2) is 7.48. The van der Waals surface area contributed by atoms with Crippen LogP contribution in [0.4, 0.5) is 4.39 Å². The van der Waals surface area contributed by atoms with Gasteiger partial charge in [-0.15, -0.1) is 0 Å². The van der Waals surface area contributed by atoms with Crippen molar-refractivity contribution in [3.8, 4) is 0 Å². The minimum Gasteiger partial charge on any atom is -0.302 e. The first-order chi connectivity index (χ1) is 10.1. The highest BCUT2D eigenvalue weighted by atomic mass is 79.9. The van der Waals surface area contributed by atoms with Gasteiger partial charge in [-0.25, -0.2) is 4.39 Å². The quantitative estimate of drug-likeness (QED) is 0.725. The molecular formula is C17H17BrFNO. The first-order valence-electron chi connectivity index (χ1n) is 6.77. The van der Waals surface area contributed by atoms with E-state index < -0.39 is 0 Å². The summed E-state index contributed by atoms with van der Waals surface area (Å²) in [4.78, 5) is 14.0. The van der Waals surface area contributed by atoms with Gasteiger partial charge in [-0.05, 0) is 25.2 Å². The predicted octanol–water partition coefficient (Wildman–Crippen LogP) is 4.29. The number of ketones is 1. The van der Waals surface area contributed by atoms with Crippen LogP contribution in [0.25, 0.3) is 0 Å². The summed E-state index contributed by atoms with van der Waals surface area (Å²) in [7, 11) is 1.89. The smallest absolute Gasteiger partial charge is 0.164 e. The van der Waals surface area contributed by atoms with Crippen LogP contribution in [0.15, 0.2) is 53.0 Å². The Kier molecular flexibility index (Phi) is 5.65. The summed E-state index contributed by atoms with van der Waals surface area (Å²) in [6.07, 6.45) is 0.423. The number of Topliss-reactive ketones (excluding diaryl/α,β-unsaturated/α-hetero) is 1. The lowest BCUT2D eigenvalue weighted by Crippen LogP contribution is -2.22. The van der Waals surface area contributed by atoms with Crippen LogP contribution < -0.4 is 0 Å². The van der Waals surface area contributed by atoms with Gasteiger partial charge in [0.15, 0.2) is 5.78 Å².